The lowest BCUT2D eigenvalue weighted by Crippen LogP contribution is -2.84. The predicted molar refractivity (Wildman–Crippen MR) is 108 cm³/mol. The molecule has 2 N–H and O–H groups in total. The Morgan fingerprint density at radius 2 is 1.97 bits per heavy atom. The van der Waals surface area contributed by atoms with Crippen molar-refractivity contribution in [1.82, 2.24) is 15.6 Å². The van der Waals surface area contributed by atoms with Gasteiger partial charge in [-0.15, -0.1) is 11.3 Å². The van der Waals surface area contributed by atoms with E-state index in [0.717, 1.165) is 23.2 Å². The molecule has 5 rings (SSSR count). The van der Waals surface area contributed by atoms with Crippen LogP contribution in [0.4, 0.5) is 4.39 Å². The van der Waals surface area contributed by atoms with Crippen LogP contribution in [-0.4, -0.2) is 34.5 Å². The molecule has 2 amide bonds. The molecule has 0 saturated heterocycles. The van der Waals surface area contributed by atoms with Crippen molar-refractivity contribution in [3.63, 3.8) is 0 Å². The number of aryl methyl sites for hydroxylation is 2. The zero-order chi connectivity index (χ0) is 20.8. The van der Waals surface area contributed by atoms with Gasteiger partial charge in [-0.25, -0.2) is 9.37 Å². The lowest BCUT2D eigenvalue weighted by molar-refractivity contribution is -0.141. The fourth-order valence-electron chi connectivity index (χ4n) is 4.21. The Hall–Kier alpha value is -2.19. The number of amides is 2. The molecule has 1 heterocycles. The zero-order valence-corrected chi connectivity index (χ0v) is 17.7. The van der Waals surface area contributed by atoms with Crippen molar-refractivity contribution in [2.24, 2.45) is 0 Å². The zero-order valence-electron chi connectivity index (χ0n) is 16.1. The summed E-state index contributed by atoms with van der Waals surface area (Å²) in [4.78, 5) is 29.8. The Labute approximate surface area is 176 Å². The van der Waals surface area contributed by atoms with Gasteiger partial charge < -0.3 is 15.4 Å². The monoisotopic (exact) mass is 437 g/mol. The number of hydrogen-bond donors (Lipinski definition) is 2. The molecule has 0 unspecified atom stereocenters. The smallest absolute Gasteiger partial charge is 0.263 e. The van der Waals surface area contributed by atoms with E-state index in [1.165, 1.54) is 23.5 Å². The highest BCUT2D eigenvalue weighted by Gasteiger charge is 2.69. The molecule has 3 aliphatic rings. The summed E-state index contributed by atoms with van der Waals surface area (Å²) in [5.41, 5.74) is 0.235. The van der Waals surface area contributed by atoms with Gasteiger partial charge in [0, 0.05) is 17.1 Å². The van der Waals surface area contributed by atoms with Crippen LogP contribution in [0.5, 0.6) is 5.75 Å². The predicted octanol–water partition coefficient (Wildman–Crippen LogP) is 3.41. The highest BCUT2D eigenvalue weighted by Crippen LogP contribution is 2.60. The maximum atomic E-state index is 13.4. The summed E-state index contributed by atoms with van der Waals surface area (Å²) >= 11 is 7.06. The Kier molecular flexibility index (Phi) is 5.02. The molecule has 29 heavy (non-hydrogen) atoms. The molecule has 0 aliphatic heterocycles. The first-order valence-electron chi connectivity index (χ1n) is 9.41. The van der Waals surface area contributed by atoms with Gasteiger partial charge >= 0.3 is 0 Å². The molecule has 3 fully saturated rings. The van der Waals surface area contributed by atoms with E-state index in [9.17, 15) is 14.0 Å². The lowest BCUT2D eigenvalue weighted by Gasteiger charge is -2.70. The van der Waals surface area contributed by atoms with E-state index in [2.05, 4.69) is 15.6 Å². The number of rotatable bonds is 7. The molecule has 3 saturated carbocycles. The Bertz CT molecular complexity index is 974. The van der Waals surface area contributed by atoms with Gasteiger partial charge in [0.2, 0.25) is 0 Å². The van der Waals surface area contributed by atoms with Crippen molar-refractivity contribution < 1.29 is 18.7 Å². The normalized spacial score (nSPS) is 24.3. The van der Waals surface area contributed by atoms with Crippen molar-refractivity contribution in [3.05, 3.63) is 44.6 Å². The Balaban J connectivity index is 1.25. The maximum absolute atomic E-state index is 13.4. The molecule has 0 spiro atoms. The number of halogens is 2. The van der Waals surface area contributed by atoms with Gasteiger partial charge in [0.25, 0.3) is 11.8 Å². The van der Waals surface area contributed by atoms with E-state index in [-0.39, 0.29) is 40.3 Å². The molecule has 2 aromatic rings. The van der Waals surface area contributed by atoms with Gasteiger partial charge in [-0.3, -0.25) is 9.59 Å². The van der Waals surface area contributed by atoms with Crippen molar-refractivity contribution >= 4 is 34.8 Å². The number of nitrogens with zero attached hydrogens (tertiary/aromatic N) is 1. The van der Waals surface area contributed by atoms with E-state index in [1.807, 2.05) is 13.8 Å². The van der Waals surface area contributed by atoms with Crippen molar-refractivity contribution in [2.45, 2.75) is 50.6 Å². The summed E-state index contributed by atoms with van der Waals surface area (Å²) in [6.45, 7) is 3.66. The van der Waals surface area contributed by atoms with Crippen LogP contribution in [0.3, 0.4) is 0 Å². The fraction of sp³-hybridized carbons (Fsp3) is 0.450. The topological polar surface area (TPSA) is 80.3 Å². The molecular formula is C20H21ClFN3O3S. The fourth-order valence-corrected chi connectivity index (χ4v) is 5.23. The molecule has 6 nitrogen and oxygen atoms in total. The number of benzene rings is 1. The molecule has 0 radical (unpaired) electrons. The maximum Gasteiger partial charge on any atom is 0.263 e. The van der Waals surface area contributed by atoms with Crippen molar-refractivity contribution in [2.75, 3.05) is 6.61 Å². The summed E-state index contributed by atoms with van der Waals surface area (Å²) in [5.74, 6) is -0.711. The highest BCUT2D eigenvalue weighted by molar-refractivity contribution is 7.13. The van der Waals surface area contributed by atoms with Gasteiger partial charge in [0.1, 0.15) is 16.4 Å². The van der Waals surface area contributed by atoms with E-state index in [1.54, 1.807) is 0 Å². The summed E-state index contributed by atoms with van der Waals surface area (Å²) in [5, 5.41) is 7.04. The first-order chi connectivity index (χ1) is 13.7. The van der Waals surface area contributed by atoms with Gasteiger partial charge in [-0.1, -0.05) is 18.5 Å². The average Bonchev–Trinajstić information content (AvgIpc) is 3.01. The van der Waals surface area contributed by atoms with Crippen LogP contribution < -0.4 is 15.4 Å². The van der Waals surface area contributed by atoms with Gasteiger partial charge in [-0.05, 0) is 44.7 Å². The quantitative estimate of drug-likeness (QED) is 0.695. The standard InChI is InChI=1S/C20H21ClFN3O3S/c1-3-16-23-11(2)17(29-16)18(27)25-20-8-19(9-20,10-20)24-15(26)7-28-12-4-5-13(21)14(22)6-12/h4-6H,3,7-10H2,1-2H3,(H,24,26)(H,25,27). The van der Waals surface area contributed by atoms with Crippen LogP contribution >= 0.6 is 22.9 Å². The van der Waals surface area contributed by atoms with Crippen molar-refractivity contribution in [3.8, 4) is 5.75 Å². The van der Waals surface area contributed by atoms with Crippen LogP contribution in [0.2, 0.25) is 5.02 Å². The number of nitrogens with one attached hydrogen (secondary N) is 2. The van der Waals surface area contributed by atoms with Gasteiger partial charge in [-0.2, -0.15) is 0 Å². The van der Waals surface area contributed by atoms with Crippen LogP contribution in [0.1, 0.15) is 46.6 Å². The molecular weight excluding hydrogens is 417 g/mol. The number of carbonyl (C=O) groups excluding carboxylic acids is 2. The Morgan fingerprint density at radius 1 is 1.28 bits per heavy atom. The molecule has 1 aromatic carbocycles. The third kappa shape index (κ3) is 3.83. The van der Waals surface area contributed by atoms with E-state index >= 15 is 0 Å². The first kappa shape index (κ1) is 20.1. The number of carbonyl (C=O) groups is 2. The summed E-state index contributed by atoms with van der Waals surface area (Å²) in [7, 11) is 0. The van der Waals surface area contributed by atoms with Crippen LogP contribution in [0.25, 0.3) is 0 Å². The second-order valence-corrected chi connectivity index (χ2v) is 9.32. The second kappa shape index (κ2) is 7.25. The minimum absolute atomic E-state index is 0.00227. The molecule has 3 aliphatic carbocycles. The summed E-state index contributed by atoms with van der Waals surface area (Å²) in [6, 6.07) is 4.04. The minimum atomic E-state index is -0.594. The van der Waals surface area contributed by atoms with Crippen LogP contribution in [0.15, 0.2) is 18.2 Å². The largest absolute Gasteiger partial charge is 0.484 e. The SMILES string of the molecule is CCc1nc(C)c(C(=O)NC23CC(NC(=O)COc4ccc(Cl)c(F)c4)(C2)C3)s1. The molecule has 9 heteroatoms. The number of ether oxygens (including phenoxy) is 1. The third-order valence-electron chi connectivity index (χ3n) is 5.42. The number of hydrogen-bond acceptors (Lipinski definition) is 5. The number of thiazole rings is 1. The molecule has 1 aromatic heterocycles. The highest BCUT2D eigenvalue weighted by atomic mass is 35.5. The average molecular weight is 438 g/mol. The van der Waals surface area contributed by atoms with Crippen LogP contribution in [-0.2, 0) is 11.2 Å². The van der Waals surface area contributed by atoms with Gasteiger partial charge in [0.15, 0.2) is 6.61 Å². The number of aromatic nitrogens is 1. The summed E-state index contributed by atoms with van der Waals surface area (Å²) in [6.07, 6.45) is 2.91. The Morgan fingerprint density at radius 3 is 2.59 bits per heavy atom. The second-order valence-electron chi connectivity index (χ2n) is 7.83. The van der Waals surface area contributed by atoms with E-state index < -0.39 is 5.82 Å². The third-order valence-corrected chi connectivity index (χ3v) is 7.03. The van der Waals surface area contributed by atoms with Crippen LogP contribution in [0, 0.1) is 12.7 Å². The molecule has 154 valence electrons. The molecule has 0 atom stereocenters. The minimum Gasteiger partial charge on any atom is -0.484 e. The van der Waals surface area contributed by atoms with Crippen molar-refractivity contribution in [1.29, 1.82) is 0 Å². The first-order valence-corrected chi connectivity index (χ1v) is 10.6. The van der Waals surface area contributed by atoms with E-state index in [0.29, 0.717) is 24.1 Å². The molecule has 2 bridgehead atoms. The summed E-state index contributed by atoms with van der Waals surface area (Å²) < 4.78 is 18.7. The van der Waals surface area contributed by atoms with E-state index in [4.69, 9.17) is 16.3 Å². The van der Waals surface area contributed by atoms with Gasteiger partial charge in [0.05, 0.1) is 15.7 Å². The lowest BCUT2D eigenvalue weighted by atomic mass is 9.44.